The number of carboxylic acid groups (broad SMARTS) is 1. The first kappa shape index (κ1) is 15.6. The molecule has 0 radical (unpaired) electrons. The molecule has 0 unspecified atom stereocenters. The molecule has 0 aliphatic rings. The fraction of sp³-hybridized carbons (Fsp3) is 0.0588. The molecule has 0 N–H and O–H groups in total. The van der Waals surface area contributed by atoms with Gasteiger partial charge < -0.3 is 14.3 Å². The van der Waals surface area contributed by atoms with Gasteiger partial charge in [0.25, 0.3) is 0 Å². The number of para-hydroxylation sites is 2. The van der Waals surface area contributed by atoms with Crippen LogP contribution < -0.4 is 5.11 Å². The van der Waals surface area contributed by atoms with E-state index in [2.05, 4.69) is 4.98 Å². The summed E-state index contributed by atoms with van der Waals surface area (Å²) in [6.45, 7) is 0. The number of hydrogen-bond donors (Lipinski definition) is 0. The second-order valence-electron chi connectivity index (χ2n) is 4.88. The smallest absolute Gasteiger partial charge is 0.223 e. The van der Waals surface area contributed by atoms with Gasteiger partial charge in [0, 0.05) is 18.0 Å². The summed E-state index contributed by atoms with van der Waals surface area (Å²) in [6.07, 6.45) is 1.32. The summed E-state index contributed by atoms with van der Waals surface area (Å²) in [5.74, 6) is -0.986. The summed E-state index contributed by atoms with van der Waals surface area (Å²) < 4.78 is 5.63. The maximum absolute atomic E-state index is 11.0. The van der Waals surface area contributed by atoms with Gasteiger partial charge in [-0.05, 0) is 35.9 Å². The van der Waals surface area contributed by atoms with Gasteiger partial charge in [0.15, 0.2) is 5.58 Å². The van der Waals surface area contributed by atoms with Crippen LogP contribution in [0, 0.1) is 0 Å². The molecule has 3 rings (SSSR count). The van der Waals surface area contributed by atoms with E-state index in [1.54, 1.807) is 36.4 Å². The Morgan fingerprint density at radius 2 is 1.96 bits per heavy atom. The molecule has 3 aromatic rings. The fourth-order valence-electron chi connectivity index (χ4n) is 2.16. The van der Waals surface area contributed by atoms with Crippen molar-refractivity contribution >= 4 is 51.9 Å². The van der Waals surface area contributed by atoms with Gasteiger partial charge in [0.2, 0.25) is 5.89 Å². The highest BCUT2D eigenvalue weighted by atomic mass is 35.5. The van der Waals surface area contributed by atoms with Crippen LogP contribution in [0.4, 0.5) is 0 Å². The molecule has 116 valence electrons. The SMILES string of the molecule is O=C([O-])C/C(=C\c1ccc(Cl)c(Cl)c1)c1nc2ccccc2o1. The van der Waals surface area contributed by atoms with Crippen LogP contribution in [0.25, 0.3) is 22.7 Å². The summed E-state index contributed by atoms with van der Waals surface area (Å²) in [5, 5.41) is 11.8. The molecule has 6 heteroatoms. The van der Waals surface area contributed by atoms with Gasteiger partial charge in [-0.3, -0.25) is 0 Å². The van der Waals surface area contributed by atoms with Crippen molar-refractivity contribution in [2.75, 3.05) is 0 Å². The first-order chi connectivity index (χ1) is 11.0. The fourth-order valence-corrected chi connectivity index (χ4v) is 2.46. The molecular weight excluding hydrogens is 337 g/mol. The van der Waals surface area contributed by atoms with Crippen molar-refractivity contribution < 1.29 is 14.3 Å². The lowest BCUT2D eigenvalue weighted by Crippen LogP contribution is -2.22. The number of aromatic nitrogens is 1. The maximum atomic E-state index is 11.0. The Morgan fingerprint density at radius 3 is 2.65 bits per heavy atom. The number of carbonyl (C=O) groups excluding carboxylic acids is 1. The number of aliphatic carboxylic acids is 1. The standard InChI is InChI=1S/C17H11Cl2NO3/c18-12-6-5-10(8-13(12)19)7-11(9-16(21)22)17-20-14-3-1-2-4-15(14)23-17/h1-8H,9H2,(H,21,22)/p-1/b11-7+. The van der Waals surface area contributed by atoms with Crippen molar-refractivity contribution in [2.24, 2.45) is 0 Å². The normalized spacial score (nSPS) is 11.8. The number of hydrogen-bond acceptors (Lipinski definition) is 4. The molecule has 0 spiro atoms. The van der Waals surface area contributed by atoms with Crippen molar-refractivity contribution in [3.8, 4) is 0 Å². The molecule has 1 heterocycles. The van der Waals surface area contributed by atoms with E-state index in [1.165, 1.54) is 0 Å². The van der Waals surface area contributed by atoms with Crippen LogP contribution in [-0.4, -0.2) is 11.0 Å². The van der Waals surface area contributed by atoms with Crippen LogP contribution in [0.1, 0.15) is 17.9 Å². The summed E-state index contributed by atoms with van der Waals surface area (Å²) in [4.78, 5) is 15.4. The number of carboxylic acids is 1. The largest absolute Gasteiger partial charge is 0.550 e. The molecule has 23 heavy (non-hydrogen) atoms. The van der Waals surface area contributed by atoms with Gasteiger partial charge in [-0.25, -0.2) is 4.98 Å². The number of nitrogens with zero attached hydrogens (tertiary/aromatic N) is 1. The summed E-state index contributed by atoms with van der Waals surface area (Å²) in [7, 11) is 0. The predicted molar refractivity (Wildman–Crippen MR) is 88.0 cm³/mol. The summed E-state index contributed by atoms with van der Waals surface area (Å²) >= 11 is 11.9. The molecule has 0 aliphatic heterocycles. The molecular formula is C17H10Cl2NO3-. The quantitative estimate of drug-likeness (QED) is 0.720. The van der Waals surface area contributed by atoms with Crippen molar-refractivity contribution in [2.45, 2.75) is 6.42 Å². The van der Waals surface area contributed by atoms with E-state index in [9.17, 15) is 9.90 Å². The van der Waals surface area contributed by atoms with E-state index in [0.717, 1.165) is 0 Å². The number of rotatable bonds is 4. The zero-order valence-electron chi connectivity index (χ0n) is 11.8. The lowest BCUT2D eigenvalue weighted by Gasteiger charge is -2.05. The Balaban J connectivity index is 2.07. The molecule has 0 amide bonds. The minimum Gasteiger partial charge on any atom is -0.550 e. The molecule has 0 saturated heterocycles. The van der Waals surface area contributed by atoms with Crippen LogP contribution in [0.15, 0.2) is 46.9 Å². The van der Waals surface area contributed by atoms with Crippen molar-refractivity contribution in [3.05, 3.63) is 64.0 Å². The molecule has 0 bridgehead atoms. The molecule has 0 aliphatic carbocycles. The third kappa shape index (κ3) is 3.55. The van der Waals surface area contributed by atoms with Crippen molar-refractivity contribution in [1.82, 2.24) is 4.98 Å². The first-order valence-corrected chi connectivity index (χ1v) is 7.50. The molecule has 0 fully saturated rings. The zero-order chi connectivity index (χ0) is 16.4. The first-order valence-electron chi connectivity index (χ1n) is 6.74. The van der Waals surface area contributed by atoms with Gasteiger partial charge in [0.05, 0.1) is 10.0 Å². The minimum atomic E-state index is -1.22. The van der Waals surface area contributed by atoms with E-state index >= 15 is 0 Å². The second-order valence-corrected chi connectivity index (χ2v) is 5.69. The van der Waals surface area contributed by atoms with Crippen LogP contribution in [0.2, 0.25) is 10.0 Å². The van der Waals surface area contributed by atoms with E-state index in [4.69, 9.17) is 27.6 Å². The van der Waals surface area contributed by atoms with Gasteiger partial charge in [0.1, 0.15) is 5.52 Å². The van der Waals surface area contributed by atoms with Crippen molar-refractivity contribution in [3.63, 3.8) is 0 Å². The lowest BCUT2D eigenvalue weighted by atomic mass is 10.1. The molecule has 4 nitrogen and oxygen atoms in total. The Hall–Kier alpha value is -2.30. The molecule has 2 aromatic carbocycles. The summed E-state index contributed by atoms with van der Waals surface area (Å²) in [5.41, 5.74) is 2.32. The second kappa shape index (κ2) is 6.44. The Morgan fingerprint density at radius 1 is 1.17 bits per heavy atom. The highest BCUT2D eigenvalue weighted by Crippen LogP contribution is 2.28. The van der Waals surface area contributed by atoms with Crippen LogP contribution in [0.3, 0.4) is 0 Å². The highest BCUT2D eigenvalue weighted by Gasteiger charge is 2.12. The molecule has 0 atom stereocenters. The van der Waals surface area contributed by atoms with E-state index in [1.807, 2.05) is 12.1 Å². The van der Waals surface area contributed by atoms with Crippen LogP contribution in [0.5, 0.6) is 0 Å². The number of benzene rings is 2. The van der Waals surface area contributed by atoms with Crippen LogP contribution >= 0.6 is 23.2 Å². The van der Waals surface area contributed by atoms with E-state index in [0.29, 0.717) is 32.3 Å². The van der Waals surface area contributed by atoms with Gasteiger partial charge in [-0.15, -0.1) is 0 Å². The van der Waals surface area contributed by atoms with Gasteiger partial charge >= 0.3 is 0 Å². The van der Waals surface area contributed by atoms with E-state index < -0.39 is 5.97 Å². The minimum absolute atomic E-state index is 0.237. The number of fused-ring (bicyclic) bond motifs is 1. The maximum Gasteiger partial charge on any atom is 0.223 e. The monoisotopic (exact) mass is 346 g/mol. The predicted octanol–water partition coefficient (Wildman–Crippen LogP) is 3.82. The van der Waals surface area contributed by atoms with Crippen LogP contribution in [-0.2, 0) is 4.79 Å². The Bertz CT molecular complexity index is 882. The third-order valence-corrected chi connectivity index (χ3v) is 3.93. The zero-order valence-corrected chi connectivity index (χ0v) is 13.3. The van der Waals surface area contributed by atoms with Crippen molar-refractivity contribution in [1.29, 1.82) is 0 Å². The average molecular weight is 347 g/mol. The Kier molecular flexibility index (Phi) is 4.37. The summed E-state index contributed by atoms with van der Waals surface area (Å²) in [6, 6.07) is 12.2. The number of carbonyl (C=O) groups is 1. The molecule has 1 aromatic heterocycles. The average Bonchev–Trinajstić information content (AvgIpc) is 2.94. The number of oxazole rings is 1. The molecule has 0 saturated carbocycles. The topological polar surface area (TPSA) is 66.2 Å². The van der Waals surface area contributed by atoms with E-state index in [-0.39, 0.29) is 12.3 Å². The van der Waals surface area contributed by atoms with Gasteiger partial charge in [-0.2, -0.15) is 0 Å². The number of halogens is 2. The third-order valence-electron chi connectivity index (χ3n) is 3.19. The Labute approximate surface area is 142 Å². The van der Waals surface area contributed by atoms with Gasteiger partial charge in [-0.1, -0.05) is 41.4 Å². The lowest BCUT2D eigenvalue weighted by molar-refractivity contribution is -0.304. The highest BCUT2D eigenvalue weighted by molar-refractivity contribution is 6.42.